The molecule has 0 aliphatic rings. The summed E-state index contributed by atoms with van der Waals surface area (Å²) in [5.41, 5.74) is 8.42. The van der Waals surface area contributed by atoms with Crippen molar-refractivity contribution < 1.29 is 0 Å². The molecule has 0 aromatic carbocycles. The number of aromatic nitrogens is 3. The number of aryl methyl sites for hydroxylation is 1. The second kappa shape index (κ2) is 2.90. The Hall–Kier alpha value is -1.84. The molecular weight excluding hydrogens is 164 g/mol. The van der Waals surface area contributed by atoms with E-state index in [1.165, 1.54) is 0 Å². The molecule has 2 N–H and O–H groups in total. The predicted molar refractivity (Wildman–Crippen MR) is 50.9 cm³/mol. The molecule has 0 bridgehead atoms. The smallest absolute Gasteiger partial charge is 0.0715 e. The Morgan fingerprint density at radius 3 is 2.77 bits per heavy atom. The van der Waals surface area contributed by atoms with Crippen molar-refractivity contribution in [3.8, 4) is 11.3 Å². The topological polar surface area (TPSA) is 56.7 Å². The molecule has 0 saturated carbocycles. The van der Waals surface area contributed by atoms with Crippen LogP contribution in [0.15, 0.2) is 30.7 Å². The zero-order chi connectivity index (χ0) is 9.26. The van der Waals surface area contributed by atoms with Crippen molar-refractivity contribution in [1.82, 2.24) is 14.8 Å². The number of nitrogens with two attached hydrogens (primary N) is 1. The number of pyridine rings is 1. The highest BCUT2D eigenvalue weighted by atomic mass is 15.3. The maximum atomic E-state index is 5.80. The van der Waals surface area contributed by atoms with Crippen LogP contribution in [0.4, 0.5) is 5.69 Å². The molecule has 0 saturated heterocycles. The lowest BCUT2D eigenvalue weighted by atomic mass is 10.2. The summed E-state index contributed by atoms with van der Waals surface area (Å²) in [5, 5.41) is 4.07. The monoisotopic (exact) mass is 174 g/mol. The van der Waals surface area contributed by atoms with Crippen LogP contribution in [0.5, 0.6) is 0 Å². The maximum absolute atomic E-state index is 5.80. The third-order valence-corrected chi connectivity index (χ3v) is 1.95. The number of nitrogen functional groups attached to an aromatic ring is 1. The van der Waals surface area contributed by atoms with Gasteiger partial charge in [0.05, 0.1) is 5.69 Å². The van der Waals surface area contributed by atoms with Gasteiger partial charge in [0.2, 0.25) is 0 Å². The van der Waals surface area contributed by atoms with Crippen molar-refractivity contribution in [3.63, 3.8) is 0 Å². The van der Waals surface area contributed by atoms with Crippen LogP contribution in [-0.2, 0) is 7.05 Å². The molecule has 2 aromatic rings. The van der Waals surface area contributed by atoms with Gasteiger partial charge in [-0.25, -0.2) is 0 Å². The SMILES string of the molecule is Cn1nccc1-c1cnccc1N. The molecule has 2 heterocycles. The fourth-order valence-corrected chi connectivity index (χ4v) is 1.26. The van der Waals surface area contributed by atoms with Gasteiger partial charge < -0.3 is 5.73 Å². The Morgan fingerprint density at radius 1 is 1.31 bits per heavy atom. The lowest BCUT2D eigenvalue weighted by molar-refractivity contribution is 0.775. The fraction of sp³-hybridized carbons (Fsp3) is 0.111. The van der Waals surface area contributed by atoms with E-state index in [-0.39, 0.29) is 0 Å². The summed E-state index contributed by atoms with van der Waals surface area (Å²) in [6.07, 6.45) is 5.16. The van der Waals surface area contributed by atoms with E-state index >= 15 is 0 Å². The van der Waals surface area contributed by atoms with E-state index < -0.39 is 0 Å². The zero-order valence-electron chi connectivity index (χ0n) is 7.31. The molecule has 2 rings (SSSR count). The van der Waals surface area contributed by atoms with Gasteiger partial charge >= 0.3 is 0 Å². The van der Waals surface area contributed by atoms with Gasteiger partial charge in [-0.3, -0.25) is 9.67 Å². The van der Waals surface area contributed by atoms with Gasteiger partial charge in [0.25, 0.3) is 0 Å². The highest BCUT2D eigenvalue weighted by Gasteiger charge is 2.05. The first-order valence-electron chi connectivity index (χ1n) is 3.97. The standard InChI is InChI=1S/C9H10N4/c1-13-9(3-5-12-13)7-6-11-4-2-8(7)10/h2-6H,1H3,(H2,10,11). The van der Waals surface area contributed by atoms with Gasteiger partial charge in [-0.1, -0.05) is 0 Å². The highest BCUT2D eigenvalue weighted by Crippen LogP contribution is 2.22. The Bertz CT molecular complexity index is 419. The van der Waals surface area contributed by atoms with Crippen LogP contribution in [0.2, 0.25) is 0 Å². The van der Waals surface area contributed by atoms with Crippen molar-refractivity contribution in [2.24, 2.45) is 7.05 Å². The summed E-state index contributed by atoms with van der Waals surface area (Å²) in [5.74, 6) is 0. The second-order valence-corrected chi connectivity index (χ2v) is 2.80. The zero-order valence-corrected chi connectivity index (χ0v) is 7.31. The lowest BCUT2D eigenvalue weighted by Crippen LogP contribution is -1.97. The van der Waals surface area contributed by atoms with Gasteiger partial charge in [-0.15, -0.1) is 0 Å². The van der Waals surface area contributed by atoms with Gasteiger partial charge in [-0.2, -0.15) is 5.10 Å². The Kier molecular flexibility index (Phi) is 1.73. The molecule has 66 valence electrons. The quantitative estimate of drug-likeness (QED) is 0.703. The second-order valence-electron chi connectivity index (χ2n) is 2.80. The summed E-state index contributed by atoms with van der Waals surface area (Å²) in [7, 11) is 1.88. The minimum Gasteiger partial charge on any atom is -0.398 e. The first kappa shape index (κ1) is 7.79. The molecule has 0 atom stereocenters. The summed E-state index contributed by atoms with van der Waals surface area (Å²) in [4.78, 5) is 4.02. The van der Waals surface area contributed by atoms with Crippen molar-refractivity contribution >= 4 is 5.69 Å². The molecule has 0 aliphatic carbocycles. The average Bonchev–Trinajstić information content (AvgIpc) is 2.52. The summed E-state index contributed by atoms with van der Waals surface area (Å²) < 4.78 is 1.77. The van der Waals surface area contributed by atoms with Crippen LogP contribution < -0.4 is 5.73 Å². The molecule has 4 heteroatoms. The summed E-state index contributed by atoms with van der Waals surface area (Å²) >= 11 is 0. The van der Waals surface area contributed by atoms with Gasteiger partial charge in [0, 0.05) is 36.9 Å². The van der Waals surface area contributed by atoms with E-state index in [1.807, 2.05) is 13.1 Å². The highest BCUT2D eigenvalue weighted by molar-refractivity contribution is 5.72. The lowest BCUT2D eigenvalue weighted by Gasteiger charge is -2.03. The molecule has 0 amide bonds. The molecule has 0 radical (unpaired) electrons. The van der Waals surface area contributed by atoms with Crippen molar-refractivity contribution in [3.05, 3.63) is 30.7 Å². The Morgan fingerprint density at radius 2 is 2.15 bits per heavy atom. The molecule has 0 fully saturated rings. The third kappa shape index (κ3) is 1.26. The van der Waals surface area contributed by atoms with Crippen LogP contribution in [0, 0.1) is 0 Å². The molecule has 0 aliphatic heterocycles. The summed E-state index contributed by atoms with van der Waals surface area (Å²) in [6, 6.07) is 3.69. The molecule has 0 spiro atoms. The van der Waals surface area contributed by atoms with Gasteiger partial charge in [0.1, 0.15) is 0 Å². The van der Waals surface area contributed by atoms with E-state index in [9.17, 15) is 0 Å². The number of hydrogen-bond acceptors (Lipinski definition) is 3. The number of rotatable bonds is 1. The molecule has 4 nitrogen and oxygen atoms in total. The Balaban J connectivity index is 2.59. The van der Waals surface area contributed by atoms with E-state index in [0.717, 1.165) is 16.9 Å². The minimum atomic E-state index is 0.721. The van der Waals surface area contributed by atoms with Crippen molar-refractivity contribution in [1.29, 1.82) is 0 Å². The van der Waals surface area contributed by atoms with E-state index in [4.69, 9.17) is 5.73 Å². The normalized spacial score (nSPS) is 10.2. The number of hydrogen-bond donors (Lipinski definition) is 1. The van der Waals surface area contributed by atoms with E-state index in [0.29, 0.717) is 0 Å². The molecule has 13 heavy (non-hydrogen) atoms. The predicted octanol–water partition coefficient (Wildman–Crippen LogP) is 1.06. The first-order chi connectivity index (χ1) is 6.29. The molecule has 0 unspecified atom stereocenters. The van der Waals surface area contributed by atoms with E-state index in [1.54, 1.807) is 29.3 Å². The average molecular weight is 174 g/mol. The number of nitrogens with zero attached hydrogens (tertiary/aromatic N) is 3. The van der Waals surface area contributed by atoms with Crippen molar-refractivity contribution in [2.75, 3.05) is 5.73 Å². The third-order valence-electron chi connectivity index (χ3n) is 1.95. The largest absolute Gasteiger partial charge is 0.398 e. The van der Waals surface area contributed by atoms with Crippen LogP contribution >= 0.6 is 0 Å². The van der Waals surface area contributed by atoms with Crippen LogP contribution in [0.1, 0.15) is 0 Å². The first-order valence-corrected chi connectivity index (χ1v) is 3.97. The summed E-state index contributed by atoms with van der Waals surface area (Å²) in [6.45, 7) is 0. The molecular formula is C9H10N4. The fourth-order valence-electron chi connectivity index (χ4n) is 1.26. The number of anilines is 1. The maximum Gasteiger partial charge on any atom is 0.0715 e. The van der Waals surface area contributed by atoms with Crippen LogP contribution in [0.3, 0.4) is 0 Å². The van der Waals surface area contributed by atoms with Crippen LogP contribution in [0.25, 0.3) is 11.3 Å². The van der Waals surface area contributed by atoms with Gasteiger partial charge in [-0.05, 0) is 12.1 Å². The van der Waals surface area contributed by atoms with Crippen LogP contribution in [-0.4, -0.2) is 14.8 Å². The van der Waals surface area contributed by atoms with Crippen molar-refractivity contribution in [2.45, 2.75) is 0 Å². The molecule has 2 aromatic heterocycles. The minimum absolute atomic E-state index is 0.721. The Labute approximate surface area is 76.0 Å². The van der Waals surface area contributed by atoms with Gasteiger partial charge in [0.15, 0.2) is 0 Å². The van der Waals surface area contributed by atoms with E-state index in [2.05, 4.69) is 10.1 Å².